The number of hydrogen-bond donors (Lipinski definition) is 12. The lowest BCUT2D eigenvalue weighted by molar-refractivity contribution is -0.117. The third kappa shape index (κ3) is 25.9. The predicted octanol–water partition coefficient (Wildman–Crippen LogP) is -6.53. The molecule has 0 atom stereocenters. The average molecular weight is 995 g/mol. The van der Waals surface area contributed by atoms with Gasteiger partial charge in [0.25, 0.3) is 0 Å². The lowest BCUT2D eigenvalue weighted by Gasteiger charge is -2.10. The van der Waals surface area contributed by atoms with Crippen molar-refractivity contribution in [1.29, 1.82) is 0 Å². The van der Waals surface area contributed by atoms with Gasteiger partial charge in [-0.15, -0.1) is 0 Å². The highest BCUT2D eigenvalue weighted by Gasteiger charge is 2.07. The Balaban J connectivity index is 0.000000828. The topological polar surface area (TPSA) is 564 Å². The van der Waals surface area contributed by atoms with E-state index in [9.17, 15) is 51.9 Å². The Labute approximate surface area is 378 Å². The van der Waals surface area contributed by atoms with Gasteiger partial charge < -0.3 is 18.2 Å². The second-order valence-electron chi connectivity index (χ2n) is 12.0. The van der Waals surface area contributed by atoms with Gasteiger partial charge >= 0.3 is 23.8 Å². The summed E-state index contributed by atoms with van der Waals surface area (Å²) in [5.41, 5.74) is 38.4. The van der Waals surface area contributed by atoms with Crippen LogP contribution >= 0.6 is 0 Å². The molecule has 0 heterocycles. The summed E-state index contributed by atoms with van der Waals surface area (Å²) < 4.78 is 130. The smallest absolute Gasteiger partial charge is 0.336 e. The van der Waals surface area contributed by atoms with Crippen LogP contribution < -0.4 is 67.5 Å². The Morgan fingerprint density at radius 1 is 0.333 bits per heavy atom. The van der Waals surface area contributed by atoms with E-state index in [1.807, 2.05) is 60.7 Å². The largest absolute Gasteiger partial charge is 0.744 e. The number of azo groups is 1. The van der Waals surface area contributed by atoms with Gasteiger partial charge in [-0.1, -0.05) is 60.7 Å². The summed E-state index contributed by atoms with van der Waals surface area (Å²) in [5, 5.41) is 28.0. The van der Waals surface area contributed by atoms with E-state index < -0.39 is 60.1 Å². The SMILES string of the molecule is NC(N)=[NH2+].NC(N)=[NH2+].NC(N)=[NH2+].NC(N)=[NH2+].O=S(=O)([O-])c1ccc2cc(S(=O)(=O)[O-])ccc2c1.O=S(=O)([O-])c1ccc2cc(S(=O)(=O)[O-])ccc2c1.c1ccc(N=Nc2ccccc2)cc1. The van der Waals surface area contributed by atoms with Gasteiger partial charge in [0.05, 0.1) is 31.0 Å². The molecule has 0 spiro atoms. The predicted molar refractivity (Wildman–Crippen MR) is 238 cm³/mol. The maximum absolute atomic E-state index is 10.8. The first-order chi connectivity index (χ1) is 30.2. The zero-order valence-electron chi connectivity index (χ0n) is 34.1. The van der Waals surface area contributed by atoms with E-state index in [1.54, 1.807) is 0 Å². The van der Waals surface area contributed by atoms with Crippen LogP contribution in [0.15, 0.2) is 163 Å². The van der Waals surface area contributed by atoms with Crippen LogP contribution in [0.1, 0.15) is 0 Å². The number of nitrogens with zero attached hydrogens (tertiary/aromatic N) is 2. The number of guanidine groups is 4. The molecule has 0 amide bonds. The number of nitrogens with two attached hydrogens (primary N) is 12. The summed E-state index contributed by atoms with van der Waals surface area (Å²) in [7, 11) is -18.3. The van der Waals surface area contributed by atoms with Gasteiger partial charge in [-0.3, -0.25) is 67.5 Å². The Kier molecular flexibility index (Phi) is 23.5. The molecular formula is C36H46N14O12S4. The van der Waals surface area contributed by atoms with Gasteiger partial charge in [0.1, 0.15) is 40.5 Å². The molecular weight excluding hydrogens is 949 g/mol. The van der Waals surface area contributed by atoms with Crippen molar-refractivity contribution in [1.82, 2.24) is 0 Å². The zero-order valence-corrected chi connectivity index (χ0v) is 37.3. The lowest BCUT2D eigenvalue weighted by Crippen LogP contribution is -2.51. The maximum Gasteiger partial charge on any atom is 0.336 e. The molecule has 0 aliphatic heterocycles. The molecule has 0 radical (unpaired) electrons. The molecule has 30 heteroatoms. The van der Waals surface area contributed by atoms with Crippen molar-refractivity contribution in [2.75, 3.05) is 0 Å². The minimum absolute atomic E-state index is 0.0833. The summed E-state index contributed by atoms with van der Waals surface area (Å²) in [6.07, 6.45) is 0. The van der Waals surface area contributed by atoms with Crippen LogP contribution in [0.3, 0.4) is 0 Å². The fraction of sp³-hybridized carbons (Fsp3) is 0. The first-order valence-corrected chi connectivity index (χ1v) is 22.8. The van der Waals surface area contributed by atoms with Crippen molar-refractivity contribution in [3.8, 4) is 0 Å². The van der Waals surface area contributed by atoms with Gasteiger partial charge in [-0.05, 0) is 94.3 Å². The molecule has 0 aliphatic carbocycles. The number of fused-ring (bicyclic) bond motifs is 2. The Morgan fingerprint density at radius 3 is 0.652 bits per heavy atom. The number of hydrogen-bond acceptors (Lipinski definition) is 14. The molecule has 0 aromatic heterocycles. The molecule has 356 valence electrons. The highest BCUT2D eigenvalue weighted by molar-refractivity contribution is 7.86. The van der Waals surface area contributed by atoms with E-state index in [0.29, 0.717) is 21.5 Å². The van der Waals surface area contributed by atoms with E-state index in [4.69, 9.17) is 0 Å². The van der Waals surface area contributed by atoms with Crippen LogP contribution in [0.4, 0.5) is 11.4 Å². The lowest BCUT2D eigenvalue weighted by atomic mass is 10.1. The fourth-order valence-electron chi connectivity index (χ4n) is 4.13. The van der Waals surface area contributed by atoms with E-state index in [2.05, 4.69) is 77.7 Å². The van der Waals surface area contributed by atoms with Crippen LogP contribution in [0, 0.1) is 0 Å². The Bertz CT molecular complexity index is 2700. The first-order valence-electron chi connectivity index (χ1n) is 17.2. The zero-order chi connectivity index (χ0) is 51.1. The highest BCUT2D eigenvalue weighted by atomic mass is 32.2. The quantitative estimate of drug-likeness (QED) is 0.0319. The molecule has 24 N–H and O–H groups in total. The van der Waals surface area contributed by atoms with Crippen LogP contribution in [-0.4, -0.2) is 75.7 Å². The van der Waals surface area contributed by atoms with Crippen LogP contribution in [0.25, 0.3) is 21.5 Å². The van der Waals surface area contributed by atoms with E-state index >= 15 is 0 Å². The monoisotopic (exact) mass is 994 g/mol. The van der Waals surface area contributed by atoms with Gasteiger partial charge in [0.2, 0.25) is 0 Å². The second kappa shape index (κ2) is 26.7. The normalized spacial score (nSPS) is 10.7. The molecule has 0 saturated carbocycles. The Hall–Kier alpha value is -7.84. The standard InChI is InChI=1S/C12H10N2.2C10H8O6S2.4CH5N3/c1-3-7-11(8-4-1)13-14-12-9-5-2-6-10-12;2*11-17(12,13)9-3-1-7-5-10(18(14,15)16)4-2-8(7)6-9;4*2-1(3)4/h1-10H;2*1-6H,(H,11,12,13)(H,14,15,16);4*(H5,2,3,4). The minimum atomic E-state index is -4.56. The minimum Gasteiger partial charge on any atom is -0.744 e. The van der Waals surface area contributed by atoms with Crippen molar-refractivity contribution >= 4 is 97.2 Å². The molecule has 0 aliphatic rings. The van der Waals surface area contributed by atoms with Crippen LogP contribution in [-0.2, 0) is 40.5 Å². The molecule has 66 heavy (non-hydrogen) atoms. The van der Waals surface area contributed by atoms with E-state index in [0.717, 1.165) is 59.9 Å². The summed E-state index contributed by atoms with van der Waals surface area (Å²) in [6.45, 7) is 0. The molecule has 0 unspecified atom stereocenters. The first kappa shape index (κ1) is 58.2. The molecule has 0 fully saturated rings. The highest BCUT2D eigenvalue weighted by Crippen LogP contribution is 2.24. The van der Waals surface area contributed by atoms with E-state index in [1.165, 1.54) is 24.3 Å². The van der Waals surface area contributed by atoms with Gasteiger partial charge in [0, 0.05) is 0 Å². The van der Waals surface area contributed by atoms with Gasteiger partial charge in [0.15, 0.2) is 0 Å². The molecule has 6 aromatic carbocycles. The molecule has 0 bridgehead atoms. The summed E-state index contributed by atoms with van der Waals surface area (Å²) >= 11 is 0. The summed E-state index contributed by atoms with van der Waals surface area (Å²) in [4.78, 5) is -1.64. The number of benzene rings is 6. The van der Waals surface area contributed by atoms with Crippen molar-refractivity contribution in [3.05, 3.63) is 133 Å². The van der Waals surface area contributed by atoms with Crippen LogP contribution in [0.5, 0.6) is 0 Å². The molecule has 26 nitrogen and oxygen atoms in total. The fourth-order valence-corrected chi connectivity index (χ4v) is 6.15. The van der Waals surface area contributed by atoms with Crippen molar-refractivity contribution in [2.45, 2.75) is 19.6 Å². The average Bonchev–Trinajstić information content (AvgIpc) is 3.18. The summed E-state index contributed by atoms with van der Waals surface area (Å²) in [6, 6.07) is 33.2. The molecule has 6 rings (SSSR count). The van der Waals surface area contributed by atoms with Crippen molar-refractivity contribution in [2.24, 2.45) is 56.1 Å². The summed E-state index contributed by atoms with van der Waals surface area (Å²) in [5.74, 6) is -0.333. The molecule has 0 saturated heterocycles. The Morgan fingerprint density at radius 2 is 0.500 bits per heavy atom. The van der Waals surface area contributed by atoms with Crippen LogP contribution in [0.2, 0.25) is 0 Å². The van der Waals surface area contributed by atoms with Gasteiger partial charge in [-0.25, -0.2) is 33.7 Å². The van der Waals surface area contributed by atoms with E-state index in [-0.39, 0.29) is 23.8 Å². The third-order valence-electron chi connectivity index (χ3n) is 6.51. The van der Waals surface area contributed by atoms with Gasteiger partial charge in [-0.2, -0.15) is 10.2 Å². The van der Waals surface area contributed by atoms with Crippen molar-refractivity contribution in [3.63, 3.8) is 0 Å². The third-order valence-corrected chi connectivity index (χ3v) is 9.84. The number of rotatable bonds is 6. The second-order valence-corrected chi connectivity index (χ2v) is 17.5. The maximum atomic E-state index is 10.8. The van der Waals surface area contributed by atoms with Crippen molar-refractivity contribution < 1.29 is 73.5 Å². The molecule has 6 aromatic rings.